The normalized spacial score (nSPS) is 28.5. The van der Waals surface area contributed by atoms with Crippen LogP contribution in [-0.4, -0.2) is 22.8 Å². The molecule has 3 heteroatoms. The number of hydrogen-bond acceptors (Lipinski definition) is 1. The van der Waals surface area contributed by atoms with Crippen molar-refractivity contribution in [3.8, 4) is 0 Å². The van der Waals surface area contributed by atoms with Crippen molar-refractivity contribution in [3.63, 3.8) is 0 Å². The van der Waals surface area contributed by atoms with E-state index in [1.54, 1.807) is 0 Å². The SMILES string of the molecule is C[Si](C)(C)[SiH]1CCCCO1. The van der Waals surface area contributed by atoms with Crippen molar-refractivity contribution < 1.29 is 4.43 Å². The molecule has 0 aromatic rings. The van der Waals surface area contributed by atoms with E-state index < -0.39 is 16.1 Å². The summed E-state index contributed by atoms with van der Waals surface area (Å²) in [6, 6.07) is 1.45. The molecule has 1 fully saturated rings. The zero-order chi connectivity index (χ0) is 7.61. The molecule has 1 aliphatic rings. The third-order valence-electron chi connectivity index (χ3n) is 2.15. The summed E-state index contributed by atoms with van der Waals surface area (Å²) in [7, 11) is -1.52. The van der Waals surface area contributed by atoms with E-state index in [1.807, 2.05) is 0 Å². The molecule has 10 heavy (non-hydrogen) atoms. The molecule has 0 bridgehead atoms. The smallest absolute Gasteiger partial charge is 0.164 e. The first-order valence-electron chi connectivity index (χ1n) is 4.22. The van der Waals surface area contributed by atoms with Gasteiger partial charge in [-0.25, -0.2) is 0 Å². The Labute approximate surface area is 66.3 Å². The molecular formula is C7H18OSi2. The van der Waals surface area contributed by atoms with Gasteiger partial charge in [0, 0.05) is 6.61 Å². The molecule has 1 nitrogen and oxygen atoms in total. The maximum absolute atomic E-state index is 5.84. The molecule has 1 aliphatic heterocycles. The molecule has 1 saturated heterocycles. The van der Waals surface area contributed by atoms with Gasteiger partial charge in [0.2, 0.25) is 0 Å². The fourth-order valence-corrected chi connectivity index (χ4v) is 9.13. The van der Waals surface area contributed by atoms with Gasteiger partial charge in [0.25, 0.3) is 0 Å². The molecular weight excluding hydrogens is 156 g/mol. The maximum atomic E-state index is 5.84. The van der Waals surface area contributed by atoms with Crippen LogP contribution in [0.3, 0.4) is 0 Å². The van der Waals surface area contributed by atoms with Gasteiger partial charge in [-0.05, 0) is 12.5 Å². The second kappa shape index (κ2) is 3.19. The van der Waals surface area contributed by atoms with E-state index in [2.05, 4.69) is 19.6 Å². The highest BCUT2D eigenvalue weighted by molar-refractivity contribution is 7.29. The first kappa shape index (κ1) is 8.49. The van der Waals surface area contributed by atoms with Crippen molar-refractivity contribution in [2.75, 3.05) is 6.61 Å². The van der Waals surface area contributed by atoms with E-state index in [-0.39, 0.29) is 0 Å². The molecule has 0 N–H and O–H groups in total. The Morgan fingerprint density at radius 3 is 2.20 bits per heavy atom. The van der Waals surface area contributed by atoms with Crippen molar-refractivity contribution in [1.29, 1.82) is 0 Å². The summed E-state index contributed by atoms with van der Waals surface area (Å²) in [5, 5.41) is 0. The highest BCUT2D eigenvalue weighted by Gasteiger charge is 2.30. The van der Waals surface area contributed by atoms with Gasteiger partial charge in [-0.1, -0.05) is 26.1 Å². The Balaban J connectivity index is 2.39. The van der Waals surface area contributed by atoms with Crippen molar-refractivity contribution in [2.24, 2.45) is 0 Å². The van der Waals surface area contributed by atoms with E-state index in [0.717, 1.165) is 6.61 Å². The van der Waals surface area contributed by atoms with Crippen LogP contribution in [0, 0.1) is 0 Å². The minimum atomic E-state index is -0.840. The summed E-state index contributed by atoms with van der Waals surface area (Å²) < 4.78 is 5.84. The average molecular weight is 174 g/mol. The molecule has 0 aromatic carbocycles. The lowest BCUT2D eigenvalue weighted by Gasteiger charge is -2.30. The molecule has 0 spiro atoms. The molecule has 0 aromatic heterocycles. The van der Waals surface area contributed by atoms with Crippen LogP contribution >= 0.6 is 0 Å². The topological polar surface area (TPSA) is 9.23 Å². The predicted octanol–water partition coefficient (Wildman–Crippen LogP) is 1.94. The molecule has 1 rings (SSSR count). The van der Waals surface area contributed by atoms with Gasteiger partial charge in [-0.3, -0.25) is 0 Å². The van der Waals surface area contributed by atoms with E-state index >= 15 is 0 Å². The zero-order valence-corrected chi connectivity index (χ0v) is 9.47. The number of hydrogen-bond donors (Lipinski definition) is 0. The van der Waals surface area contributed by atoms with Gasteiger partial charge in [0.05, 0.1) is 7.59 Å². The van der Waals surface area contributed by atoms with Crippen LogP contribution in [0.2, 0.25) is 25.7 Å². The third kappa shape index (κ3) is 2.21. The average Bonchev–Trinajstić information content (AvgIpc) is 1.88. The fraction of sp³-hybridized carbons (Fsp3) is 1.00. The van der Waals surface area contributed by atoms with Gasteiger partial charge in [-0.2, -0.15) is 0 Å². The van der Waals surface area contributed by atoms with Crippen LogP contribution in [0.15, 0.2) is 0 Å². The minimum Gasteiger partial charge on any atom is -0.423 e. The summed E-state index contributed by atoms with van der Waals surface area (Å²) in [6.07, 6.45) is 2.76. The number of rotatable bonds is 1. The van der Waals surface area contributed by atoms with Crippen molar-refractivity contribution in [3.05, 3.63) is 0 Å². The Morgan fingerprint density at radius 2 is 1.90 bits per heavy atom. The Kier molecular flexibility index (Phi) is 2.71. The molecule has 0 aliphatic carbocycles. The standard InChI is InChI=1S/C7H18OSi2/c1-10(2,3)9-7-5-4-6-8-9/h9H,4-7H2,1-3H3. The molecule has 1 heterocycles. The maximum Gasteiger partial charge on any atom is 0.164 e. The van der Waals surface area contributed by atoms with E-state index in [1.165, 1.54) is 18.9 Å². The highest BCUT2D eigenvalue weighted by atomic mass is 29.2. The summed E-state index contributed by atoms with van der Waals surface area (Å²) in [4.78, 5) is 0. The lowest BCUT2D eigenvalue weighted by molar-refractivity contribution is 0.297. The first-order chi connectivity index (χ1) is 4.61. The molecule has 0 radical (unpaired) electrons. The van der Waals surface area contributed by atoms with Gasteiger partial charge < -0.3 is 4.43 Å². The lowest BCUT2D eigenvalue weighted by atomic mass is 10.4. The molecule has 1 atom stereocenters. The van der Waals surface area contributed by atoms with Crippen LogP contribution in [0.4, 0.5) is 0 Å². The van der Waals surface area contributed by atoms with Gasteiger partial charge in [0.1, 0.15) is 0 Å². The Bertz CT molecular complexity index is 103. The summed E-state index contributed by atoms with van der Waals surface area (Å²) in [5.41, 5.74) is 0. The monoisotopic (exact) mass is 174 g/mol. The van der Waals surface area contributed by atoms with Crippen LogP contribution in [0.5, 0.6) is 0 Å². The highest BCUT2D eigenvalue weighted by Crippen LogP contribution is 2.19. The van der Waals surface area contributed by atoms with E-state index in [4.69, 9.17) is 4.43 Å². The quantitative estimate of drug-likeness (QED) is 0.552. The minimum absolute atomic E-state index is 0.676. The molecule has 60 valence electrons. The summed E-state index contributed by atoms with van der Waals surface area (Å²) in [5.74, 6) is 0. The van der Waals surface area contributed by atoms with Crippen molar-refractivity contribution in [2.45, 2.75) is 38.5 Å². The largest absolute Gasteiger partial charge is 0.423 e. The second-order valence-corrected chi connectivity index (χ2v) is 18.0. The van der Waals surface area contributed by atoms with Crippen LogP contribution in [0.1, 0.15) is 12.8 Å². The van der Waals surface area contributed by atoms with Crippen LogP contribution in [0.25, 0.3) is 0 Å². The van der Waals surface area contributed by atoms with Gasteiger partial charge in [0.15, 0.2) is 8.56 Å². The lowest BCUT2D eigenvalue weighted by Crippen LogP contribution is -2.46. The second-order valence-electron chi connectivity index (χ2n) is 4.22. The fourth-order valence-electron chi connectivity index (χ4n) is 1.42. The van der Waals surface area contributed by atoms with Crippen LogP contribution < -0.4 is 0 Å². The third-order valence-corrected chi connectivity index (χ3v) is 12.8. The van der Waals surface area contributed by atoms with E-state index in [9.17, 15) is 0 Å². The summed E-state index contributed by atoms with van der Waals surface area (Å²) in [6.45, 7) is 8.43. The first-order valence-corrected chi connectivity index (χ1v) is 10.8. The van der Waals surface area contributed by atoms with Crippen LogP contribution in [-0.2, 0) is 4.43 Å². The van der Waals surface area contributed by atoms with E-state index in [0.29, 0.717) is 0 Å². The Morgan fingerprint density at radius 1 is 1.20 bits per heavy atom. The predicted molar refractivity (Wildman–Crippen MR) is 50.5 cm³/mol. The van der Waals surface area contributed by atoms with Crippen molar-refractivity contribution >= 4 is 16.1 Å². The van der Waals surface area contributed by atoms with Crippen molar-refractivity contribution in [1.82, 2.24) is 0 Å². The molecule has 1 unspecified atom stereocenters. The van der Waals surface area contributed by atoms with Gasteiger partial charge >= 0.3 is 0 Å². The molecule has 0 amide bonds. The zero-order valence-electron chi connectivity index (χ0n) is 7.31. The molecule has 0 saturated carbocycles. The summed E-state index contributed by atoms with van der Waals surface area (Å²) >= 11 is 0. The Hall–Kier alpha value is 0.394. The van der Waals surface area contributed by atoms with Gasteiger partial charge in [-0.15, -0.1) is 0 Å².